The van der Waals surface area contributed by atoms with Crippen LogP contribution in [0.25, 0.3) is 0 Å². The van der Waals surface area contributed by atoms with Crippen LogP contribution in [0.1, 0.15) is 27.7 Å². The molecule has 1 fully saturated rings. The predicted molar refractivity (Wildman–Crippen MR) is 70.4 cm³/mol. The van der Waals surface area contributed by atoms with Crippen LogP contribution in [0.4, 0.5) is 0 Å². The lowest BCUT2D eigenvalue weighted by Gasteiger charge is -2.46. The molecule has 0 radical (unpaired) electrons. The maximum Gasteiger partial charge on any atom is 0.0787 e. The highest BCUT2D eigenvalue weighted by atomic mass is 16.5. The largest absolute Gasteiger partial charge is 0.378 e. The molecule has 0 aromatic rings. The average molecular weight is 244 g/mol. The molecule has 1 saturated heterocycles. The van der Waals surface area contributed by atoms with E-state index in [1.165, 1.54) is 0 Å². The molecule has 1 heterocycles. The Morgan fingerprint density at radius 1 is 1.47 bits per heavy atom. The Hall–Kier alpha value is -0.160. The number of likely N-dealkylation sites (N-methyl/N-ethyl adjacent to an activating group) is 1. The fraction of sp³-hybridized carbons (Fsp3) is 1.00. The van der Waals surface area contributed by atoms with Crippen LogP contribution in [-0.2, 0) is 9.47 Å². The van der Waals surface area contributed by atoms with Crippen molar-refractivity contribution in [3.63, 3.8) is 0 Å². The van der Waals surface area contributed by atoms with Crippen LogP contribution in [0.5, 0.6) is 0 Å². The number of morpholine rings is 1. The van der Waals surface area contributed by atoms with Crippen molar-refractivity contribution in [1.29, 1.82) is 0 Å². The maximum atomic E-state index is 5.58. The molecule has 0 aromatic carbocycles. The van der Waals surface area contributed by atoms with Crippen molar-refractivity contribution in [2.45, 2.75) is 44.9 Å². The van der Waals surface area contributed by atoms with Crippen LogP contribution >= 0.6 is 0 Å². The summed E-state index contributed by atoms with van der Waals surface area (Å²) in [5, 5.41) is 3.37. The topological polar surface area (TPSA) is 33.7 Å². The lowest BCUT2D eigenvalue weighted by Crippen LogP contribution is -2.60. The predicted octanol–water partition coefficient (Wildman–Crippen LogP) is 1.11. The van der Waals surface area contributed by atoms with E-state index in [0.29, 0.717) is 6.04 Å². The molecule has 0 bridgehead atoms. The van der Waals surface area contributed by atoms with Crippen molar-refractivity contribution in [3.8, 4) is 0 Å². The standard InChI is InChI=1S/C13H28N2O2/c1-12(2)10-17-8-7-15(12)9-11(14-5)13(3,4)16-6/h11,14H,7-10H2,1-6H3. The van der Waals surface area contributed by atoms with Gasteiger partial charge >= 0.3 is 0 Å². The SMILES string of the molecule is CNC(CN1CCOCC1(C)C)C(C)(C)OC. The van der Waals surface area contributed by atoms with E-state index in [1.54, 1.807) is 7.11 Å². The first-order valence-electron chi connectivity index (χ1n) is 6.38. The van der Waals surface area contributed by atoms with Gasteiger partial charge in [-0.25, -0.2) is 0 Å². The van der Waals surface area contributed by atoms with Gasteiger partial charge in [-0.3, -0.25) is 4.90 Å². The van der Waals surface area contributed by atoms with E-state index in [2.05, 4.69) is 37.9 Å². The van der Waals surface area contributed by atoms with Crippen LogP contribution in [0.15, 0.2) is 0 Å². The van der Waals surface area contributed by atoms with Gasteiger partial charge < -0.3 is 14.8 Å². The van der Waals surface area contributed by atoms with Gasteiger partial charge in [0.1, 0.15) is 0 Å². The molecule has 0 saturated carbocycles. The summed E-state index contributed by atoms with van der Waals surface area (Å²) in [5.41, 5.74) is -0.0553. The average Bonchev–Trinajstić information content (AvgIpc) is 2.27. The lowest BCUT2D eigenvalue weighted by atomic mass is 9.94. The number of hydrogen-bond donors (Lipinski definition) is 1. The summed E-state index contributed by atoms with van der Waals surface area (Å²) in [4.78, 5) is 2.48. The summed E-state index contributed by atoms with van der Waals surface area (Å²) >= 11 is 0. The normalized spacial score (nSPS) is 23.6. The van der Waals surface area contributed by atoms with Crippen LogP contribution in [0.3, 0.4) is 0 Å². The highest BCUT2D eigenvalue weighted by Gasteiger charge is 2.36. The monoisotopic (exact) mass is 244 g/mol. The zero-order valence-corrected chi connectivity index (χ0v) is 12.2. The van der Waals surface area contributed by atoms with Gasteiger partial charge in [0.15, 0.2) is 0 Å². The van der Waals surface area contributed by atoms with Gasteiger partial charge in [-0.15, -0.1) is 0 Å². The first-order chi connectivity index (χ1) is 7.83. The van der Waals surface area contributed by atoms with Crippen molar-refractivity contribution in [3.05, 3.63) is 0 Å². The molecule has 1 N–H and O–H groups in total. The minimum atomic E-state index is -0.164. The highest BCUT2D eigenvalue weighted by molar-refractivity contribution is 4.92. The third-order valence-corrected chi connectivity index (χ3v) is 3.93. The minimum Gasteiger partial charge on any atom is -0.378 e. The van der Waals surface area contributed by atoms with E-state index < -0.39 is 0 Å². The Kier molecular flexibility index (Phi) is 4.95. The number of rotatable bonds is 5. The zero-order chi connectivity index (χ0) is 13.1. The van der Waals surface area contributed by atoms with E-state index in [1.807, 2.05) is 7.05 Å². The highest BCUT2D eigenvalue weighted by Crippen LogP contribution is 2.22. The van der Waals surface area contributed by atoms with Crippen molar-refractivity contribution >= 4 is 0 Å². The second kappa shape index (κ2) is 5.65. The van der Waals surface area contributed by atoms with E-state index in [0.717, 1.165) is 26.3 Å². The summed E-state index contributed by atoms with van der Waals surface area (Å²) in [6.45, 7) is 12.3. The number of methoxy groups -OCH3 is 1. The van der Waals surface area contributed by atoms with Crippen molar-refractivity contribution in [1.82, 2.24) is 10.2 Å². The van der Waals surface area contributed by atoms with Crippen molar-refractivity contribution < 1.29 is 9.47 Å². The van der Waals surface area contributed by atoms with Crippen LogP contribution in [0.2, 0.25) is 0 Å². The molecule has 4 heteroatoms. The molecule has 4 nitrogen and oxygen atoms in total. The summed E-state index contributed by atoms with van der Waals surface area (Å²) in [6, 6.07) is 0.310. The lowest BCUT2D eigenvalue weighted by molar-refractivity contribution is -0.0757. The number of ether oxygens (including phenoxy) is 2. The molecule has 1 unspecified atom stereocenters. The second-order valence-corrected chi connectivity index (χ2v) is 5.96. The molecule has 1 aliphatic heterocycles. The van der Waals surface area contributed by atoms with Gasteiger partial charge in [-0.05, 0) is 34.7 Å². The molecule has 0 spiro atoms. The summed E-state index contributed by atoms with van der Waals surface area (Å²) in [7, 11) is 3.77. The van der Waals surface area contributed by atoms with E-state index in [-0.39, 0.29) is 11.1 Å². The molecule has 102 valence electrons. The van der Waals surface area contributed by atoms with Crippen molar-refractivity contribution in [2.24, 2.45) is 0 Å². The van der Waals surface area contributed by atoms with Gasteiger partial charge in [0.05, 0.1) is 18.8 Å². The number of hydrogen-bond acceptors (Lipinski definition) is 4. The Labute approximate surface area is 106 Å². The molecular formula is C13H28N2O2. The number of nitrogens with zero attached hydrogens (tertiary/aromatic N) is 1. The van der Waals surface area contributed by atoms with Gasteiger partial charge in [0.25, 0.3) is 0 Å². The molecular weight excluding hydrogens is 216 g/mol. The maximum absolute atomic E-state index is 5.58. The zero-order valence-electron chi connectivity index (χ0n) is 12.2. The van der Waals surface area contributed by atoms with Gasteiger partial charge in [0, 0.05) is 31.8 Å². The van der Waals surface area contributed by atoms with Gasteiger partial charge in [0.2, 0.25) is 0 Å². The summed E-state index contributed by atoms with van der Waals surface area (Å²) in [5.74, 6) is 0. The quantitative estimate of drug-likeness (QED) is 0.785. The second-order valence-electron chi connectivity index (χ2n) is 5.96. The number of nitrogens with one attached hydrogen (secondary N) is 1. The molecule has 1 aliphatic rings. The molecule has 0 amide bonds. The molecule has 1 atom stereocenters. The Morgan fingerprint density at radius 3 is 2.59 bits per heavy atom. The first kappa shape index (κ1) is 14.9. The fourth-order valence-electron chi connectivity index (χ4n) is 2.25. The Morgan fingerprint density at radius 2 is 2.12 bits per heavy atom. The van der Waals surface area contributed by atoms with E-state index in [4.69, 9.17) is 9.47 Å². The third-order valence-electron chi connectivity index (χ3n) is 3.93. The molecule has 17 heavy (non-hydrogen) atoms. The van der Waals surface area contributed by atoms with E-state index >= 15 is 0 Å². The summed E-state index contributed by atoms with van der Waals surface area (Å²) < 4.78 is 11.1. The Balaban J connectivity index is 2.67. The smallest absolute Gasteiger partial charge is 0.0787 e. The van der Waals surface area contributed by atoms with Crippen molar-refractivity contribution in [2.75, 3.05) is 40.5 Å². The van der Waals surface area contributed by atoms with Crippen LogP contribution < -0.4 is 5.32 Å². The first-order valence-corrected chi connectivity index (χ1v) is 6.38. The molecule has 0 aliphatic carbocycles. The van der Waals surface area contributed by atoms with Gasteiger partial charge in [-0.1, -0.05) is 0 Å². The molecule has 1 rings (SSSR count). The van der Waals surface area contributed by atoms with Crippen LogP contribution in [0, 0.1) is 0 Å². The minimum absolute atomic E-state index is 0.108. The molecule has 0 aromatic heterocycles. The fourth-order valence-corrected chi connectivity index (χ4v) is 2.25. The van der Waals surface area contributed by atoms with E-state index in [9.17, 15) is 0 Å². The Bertz CT molecular complexity index is 234. The summed E-state index contributed by atoms with van der Waals surface area (Å²) in [6.07, 6.45) is 0. The van der Waals surface area contributed by atoms with Gasteiger partial charge in [-0.2, -0.15) is 0 Å². The van der Waals surface area contributed by atoms with Crippen LogP contribution in [-0.4, -0.2) is 62.5 Å². The third kappa shape index (κ3) is 3.65.